The second-order valence-corrected chi connectivity index (χ2v) is 6.15. The molecule has 20 heavy (non-hydrogen) atoms. The number of ether oxygens (including phenoxy) is 1. The Morgan fingerprint density at radius 3 is 2.40 bits per heavy atom. The Morgan fingerprint density at radius 1 is 1.10 bits per heavy atom. The van der Waals surface area contributed by atoms with Crippen LogP contribution in [0.4, 0.5) is 4.39 Å². The van der Waals surface area contributed by atoms with Crippen molar-refractivity contribution in [1.82, 2.24) is 5.32 Å². The minimum Gasteiger partial charge on any atom is -0.453 e. The SMILES string of the molecule is CNC(C)c1ccc(Oc2ccc(Br)cc2Br)c(F)c1. The Balaban J connectivity index is 2.25. The highest BCUT2D eigenvalue weighted by Crippen LogP contribution is 2.33. The number of nitrogens with one attached hydrogen (secondary N) is 1. The van der Waals surface area contributed by atoms with Gasteiger partial charge >= 0.3 is 0 Å². The molecule has 0 saturated heterocycles. The summed E-state index contributed by atoms with van der Waals surface area (Å²) in [4.78, 5) is 0. The van der Waals surface area contributed by atoms with Gasteiger partial charge in [-0.25, -0.2) is 4.39 Å². The molecule has 5 heteroatoms. The van der Waals surface area contributed by atoms with Crippen molar-refractivity contribution in [3.05, 3.63) is 56.7 Å². The summed E-state index contributed by atoms with van der Waals surface area (Å²) in [5.74, 6) is 0.404. The van der Waals surface area contributed by atoms with Crippen LogP contribution in [0.15, 0.2) is 45.3 Å². The molecule has 1 unspecified atom stereocenters. The van der Waals surface area contributed by atoms with Crippen LogP contribution >= 0.6 is 31.9 Å². The van der Waals surface area contributed by atoms with Crippen molar-refractivity contribution in [2.75, 3.05) is 7.05 Å². The van der Waals surface area contributed by atoms with Gasteiger partial charge in [0.2, 0.25) is 0 Å². The van der Waals surface area contributed by atoms with Gasteiger partial charge in [-0.1, -0.05) is 22.0 Å². The van der Waals surface area contributed by atoms with E-state index in [9.17, 15) is 4.39 Å². The Kier molecular flexibility index (Phi) is 5.18. The predicted molar refractivity (Wildman–Crippen MR) is 85.8 cm³/mol. The zero-order valence-corrected chi connectivity index (χ0v) is 14.3. The van der Waals surface area contributed by atoms with Gasteiger partial charge in [0.25, 0.3) is 0 Å². The number of rotatable bonds is 4. The van der Waals surface area contributed by atoms with Crippen molar-refractivity contribution in [3.63, 3.8) is 0 Å². The van der Waals surface area contributed by atoms with Crippen molar-refractivity contribution in [2.45, 2.75) is 13.0 Å². The normalized spacial score (nSPS) is 12.2. The summed E-state index contributed by atoms with van der Waals surface area (Å²) < 4.78 is 21.4. The van der Waals surface area contributed by atoms with Crippen LogP contribution in [0, 0.1) is 5.82 Å². The quantitative estimate of drug-likeness (QED) is 0.736. The number of hydrogen-bond donors (Lipinski definition) is 1. The van der Waals surface area contributed by atoms with Crippen LogP contribution in [0.2, 0.25) is 0 Å². The van der Waals surface area contributed by atoms with Crippen LogP contribution in [-0.2, 0) is 0 Å². The van der Waals surface area contributed by atoms with E-state index in [0.29, 0.717) is 5.75 Å². The molecule has 0 bridgehead atoms. The van der Waals surface area contributed by atoms with Gasteiger partial charge in [-0.05, 0) is 65.8 Å². The van der Waals surface area contributed by atoms with Crippen LogP contribution in [0.25, 0.3) is 0 Å². The summed E-state index contributed by atoms with van der Waals surface area (Å²) in [6.07, 6.45) is 0. The second kappa shape index (κ2) is 6.70. The lowest BCUT2D eigenvalue weighted by molar-refractivity contribution is 0.438. The topological polar surface area (TPSA) is 21.3 Å². The molecule has 1 N–H and O–H groups in total. The van der Waals surface area contributed by atoms with E-state index in [2.05, 4.69) is 37.2 Å². The van der Waals surface area contributed by atoms with Gasteiger partial charge in [0, 0.05) is 10.5 Å². The standard InChI is InChI=1S/C15H14Br2FNO/c1-9(19-2)10-3-5-15(13(18)7-10)20-14-6-4-11(16)8-12(14)17/h3-9,19H,1-2H3. The number of benzene rings is 2. The first-order valence-electron chi connectivity index (χ1n) is 6.11. The lowest BCUT2D eigenvalue weighted by Gasteiger charge is -2.13. The third-order valence-electron chi connectivity index (χ3n) is 3.00. The number of hydrogen-bond acceptors (Lipinski definition) is 2. The number of halogens is 3. The average Bonchev–Trinajstić information content (AvgIpc) is 2.42. The van der Waals surface area contributed by atoms with Crippen LogP contribution in [0.5, 0.6) is 11.5 Å². The summed E-state index contributed by atoms with van der Waals surface area (Å²) in [6.45, 7) is 1.97. The van der Waals surface area contributed by atoms with Gasteiger partial charge in [-0.2, -0.15) is 0 Å². The highest BCUT2D eigenvalue weighted by atomic mass is 79.9. The highest BCUT2D eigenvalue weighted by molar-refractivity contribution is 9.11. The fourth-order valence-electron chi connectivity index (χ4n) is 1.71. The zero-order chi connectivity index (χ0) is 14.7. The molecule has 2 nitrogen and oxygen atoms in total. The summed E-state index contributed by atoms with van der Waals surface area (Å²) in [7, 11) is 1.84. The van der Waals surface area contributed by atoms with E-state index >= 15 is 0 Å². The monoisotopic (exact) mass is 401 g/mol. The van der Waals surface area contributed by atoms with Crippen LogP contribution in [0.3, 0.4) is 0 Å². The van der Waals surface area contributed by atoms with Gasteiger partial charge < -0.3 is 10.1 Å². The van der Waals surface area contributed by atoms with Crippen molar-refractivity contribution in [3.8, 4) is 11.5 Å². The molecule has 0 fully saturated rings. The molecule has 0 spiro atoms. The zero-order valence-electron chi connectivity index (χ0n) is 11.1. The first kappa shape index (κ1) is 15.5. The van der Waals surface area contributed by atoms with Crippen LogP contribution < -0.4 is 10.1 Å². The fraction of sp³-hybridized carbons (Fsp3) is 0.200. The molecule has 0 aliphatic rings. The Bertz CT molecular complexity index is 619. The third kappa shape index (κ3) is 3.59. The van der Waals surface area contributed by atoms with E-state index in [-0.39, 0.29) is 17.6 Å². The van der Waals surface area contributed by atoms with E-state index in [1.807, 2.05) is 32.2 Å². The molecular weight excluding hydrogens is 389 g/mol. The van der Waals surface area contributed by atoms with E-state index in [0.717, 1.165) is 14.5 Å². The molecule has 2 rings (SSSR count). The molecule has 0 heterocycles. The highest BCUT2D eigenvalue weighted by Gasteiger charge is 2.11. The Morgan fingerprint density at radius 2 is 1.80 bits per heavy atom. The average molecular weight is 403 g/mol. The van der Waals surface area contributed by atoms with Gasteiger partial charge in [-0.15, -0.1) is 0 Å². The van der Waals surface area contributed by atoms with Gasteiger partial charge in [0.15, 0.2) is 11.6 Å². The lowest BCUT2D eigenvalue weighted by Crippen LogP contribution is -2.12. The van der Waals surface area contributed by atoms with E-state index < -0.39 is 0 Å². The maximum atomic E-state index is 14.1. The minimum atomic E-state index is -0.376. The van der Waals surface area contributed by atoms with Gasteiger partial charge in [0.05, 0.1) is 4.47 Å². The first-order valence-corrected chi connectivity index (χ1v) is 7.69. The molecule has 0 aliphatic heterocycles. The first-order chi connectivity index (χ1) is 9.51. The Hall–Kier alpha value is -0.910. The molecule has 1 atom stereocenters. The summed E-state index contributed by atoms with van der Waals surface area (Å²) in [5, 5.41) is 3.07. The second-order valence-electron chi connectivity index (χ2n) is 4.38. The molecule has 2 aromatic carbocycles. The fourth-order valence-corrected chi connectivity index (χ4v) is 2.84. The molecule has 0 saturated carbocycles. The van der Waals surface area contributed by atoms with Gasteiger partial charge in [-0.3, -0.25) is 0 Å². The third-order valence-corrected chi connectivity index (χ3v) is 4.12. The summed E-state index contributed by atoms with van der Waals surface area (Å²) in [5.41, 5.74) is 0.882. The predicted octanol–water partition coefficient (Wildman–Crippen LogP) is 5.42. The Labute approximate surface area is 134 Å². The maximum Gasteiger partial charge on any atom is 0.166 e. The van der Waals surface area contributed by atoms with Crippen molar-refractivity contribution in [1.29, 1.82) is 0 Å². The van der Waals surface area contributed by atoms with Crippen LogP contribution in [-0.4, -0.2) is 7.05 Å². The maximum absolute atomic E-state index is 14.1. The van der Waals surface area contributed by atoms with Crippen LogP contribution in [0.1, 0.15) is 18.5 Å². The molecule has 0 radical (unpaired) electrons. The van der Waals surface area contributed by atoms with Crippen molar-refractivity contribution < 1.29 is 9.13 Å². The van der Waals surface area contributed by atoms with Crippen molar-refractivity contribution in [2.24, 2.45) is 0 Å². The van der Waals surface area contributed by atoms with E-state index in [1.54, 1.807) is 12.1 Å². The molecule has 0 aliphatic carbocycles. The molecule has 106 valence electrons. The molecule has 2 aromatic rings. The van der Waals surface area contributed by atoms with Crippen molar-refractivity contribution >= 4 is 31.9 Å². The minimum absolute atomic E-state index is 0.0953. The largest absolute Gasteiger partial charge is 0.453 e. The van der Waals surface area contributed by atoms with E-state index in [4.69, 9.17) is 4.74 Å². The van der Waals surface area contributed by atoms with Gasteiger partial charge in [0.1, 0.15) is 5.75 Å². The molecule has 0 aromatic heterocycles. The smallest absolute Gasteiger partial charge is 0.166 e. The lowest BCUT2D eigenvalue weighted by atomic mass is 10.1. The van der Waals surface area contributed by atoms with E-state index in [1.165, 1.54) is 6.07 Å². The summed E-state index contributed by atoms with van der Waals surface area (Å²) in [6, 6.07) is 10.6. The molecular formula is C15H14Br2FNO. The summed E-state index contributed by atoms with van der Waals surface area (Å²) >= 11 is 6.75. The molecule has 0 amide bonds.